The normalized spacial score (nSPS) is 25.3. The van der Waals surface area contributed by atoms with E-state index < -0.39 is 10.0 Å². The number of likely N-dealkylation sites (N-methyl/N-ethyl adjacent to an activating group) is 1. The molecule has 1 saturated carbocycles. The second kappa shape index (κ2) is 8.04. The Balaban J connectivity index is 1.70. The van der Waals surface area contributed by atoms with Crippen molar-refractivity contribution in [3.05, 3.63) is 29.8 Å². The minimum absolute atomic E-state index is 0.0373. The maximum Gasteiger partial charge on any atom is 0.243 e. The SMILES string of the molecule is CN1CCN(S(=O)(=O)c2ccccc2CNC(=O)C2CCC(N)C2)CC1. The summed E-state index contributed by atoms with van der Waals surface area (Å²) in [6, 6.07) is 7.01. The minimum Gasteiger partial charge on any atom is -0.352 e. The lowest BCUT2D eigenvalue weighted by molar-refractivity contribution is -0.125. The first-order valence-corrected chi connectivity index (χ1v) is 10.6. The molecule has 0 bridgehead atoms. The number of amides is 1. The summed E-state index contributed by atoms with van der Waals surface area (Å²) in [6.45, 7) is 2.63. The van der Waals surface area contributed by atoms with E-state index in [1.807, 2.05) is 7.05 Å². The fourth-order valence-electron chi connectivity index (χ4n) is 3.65. The van der Waals surface area contributed by atoms with E-state index in [-0.39, 0.29) is 29.3 Å². The highest BCUT2D eigenvalue weighted by Gasteiger charge is 2.30. The fraction of sp³-hybridized carbons (Fsp3) is 0.611. The van der Waals surface area contributed by atoms with Crippen molar-refractivity contribution < 1.29 is 13.2 Å². The maximum atomic E-state index is 13.0. The predicted molar refractivity (Wildman–Crippen MR) is 99.9 cm³/mol. The van der Waals surface area contributed by atoms with E-state index in [0.29, 0.717) is 25.1 Å². The van der Waals surface area contributed by atoms with Gasteiger partial charge in [0.2, 0.25) is 15.9 Å². The second-order valence-electron chi connectivity index (χ2n) is 7.30. The molecule has 2 unspecified atom stereocenters. The first-order valence-electron chi connectivity index (χ1n) is 9.18. The van der Waals surface area contributed by atoms with Gasteiger partial charge < -0.3 is 16.0 Å². The number of nitrogens with two attached hydrogens (primary N) is 1. The van der Waals surface area contributed by atoms with Gasteiger partial charge in [0.1, 0.15) is 0 Å². The van der Waals surface area contributed by atoms with Gasteiger partial charge in [0.25, 0.3) is 0 Å². The third kappa shape index (κ3) is 4.25. The third-order valence-corrected chi connectivity index (χ3v) is 7.35. The van der Waals surface area contributed by atoms with Crippen LogP contribution in [0.25, 0.3) is 0 Å². The van der Waals surface area contributed by atoms with Gasteiger partial charge in [-0.1, -0.05) is 18.2 Å². The van der Waals surface area contributed by atoms with Crippen LogP contribution < -0.4 is 11.1 Å². The first kappa shape index (κ1) is 19.3. The number of sulfonamides is 1. The average molecular weight is 381 g/mol. The van der Waals surface area contributed by atoms with E-state index in [2.05, 4.69) is 10.2 Å². The number of benzene rings is 1. The molecule has 1 heterocycles. The predicted octanol–water partition coefficient (Wildman–Crippen LogP) is 0.366. The van der Waals surface area contributed by atoms with Crippen molar-refractivity contribution in [3.63, 3.8) is 0 Å². The van der Waals surface area contributed by atoms with E-state index >= 15 is 0 Å². The van der Waals surface area contributed by atoms with Crippen LogP contribution in [-0.2, 0) is 21.4 Å². The molecule has 3 rings (SSSR count). The zero-order valence-corrected chi connectivity index (χ0v) is 16.0. The summed E-state index contributed by atoms with van der Waals surface area (Å²) in [5, 5.41) is 2.90. The minimum atomic E-state index is -3.56. The lowest BCUT2D eigenvalue weighted by atomic mass is 10.1. The van der Waals surface area contributed by atoms with Gasteiger partial charge >= 0.3 is 0 Å². The van der Waals surface area contributed by atoms with Crippen LogP contribution in [0.5, 0.6) is 0 Å². The van der Waals surface area contributed by atoms with Crippen LogP contribution in [0.1, 0.15) is 24.8 Å². The molecular formula is C18H28N4O3S. The molecule has 2 fully saturated rings. The van der Waals surface area contributed by atoms with Gasteiger partial charge in [0, 0.05) is 44.7 Å². The molecule has 1 aromatic carbocycles. The van der Waals surface area contributed by atoms with E-state index in [0.717, 1.165) is 25.9 Å². The zero-order valence-electron chi connectivity index (χ0n) is 15.2. The Bertz CT molecular complexity index is 745. The molecule has 7 nitrogen and oxygen atoms in total. The Morgan fingerprint density at radius 1 is 1.19 bits per heavy atom. The summed E-state index contributed by atoms with van der Waals surface area (Å²) in [5.74, 6) is -0.101. The van der Waals surface area contributed by atoms with E-state index in [1.165, 1.54) is 4.31 Å². The first-order chi connectivity index (χ1) is 12.4. The van der Waals surface area contributed by atoms with Crippen molar-refractivity contribution in [3.8, 4) is 0 Å². The Morgan fingerprint density at radius 3 is 2.54 bits per heavy atom. The highest BCUT2D eigenvalue weighted by atomic mass is 32.2. The molecule has 1 saturated heterocycles. The number of hydrogen-bond donors (Lipinski definition) is 2. The van der Waals surface area contributed by atoms with Crippen LogP contribution in [0.2, 0.25) is 0 Å². The lowest BCUT2D eigenvalue weighted by Gasteiger charge is -2.32. The summed E-state index contributed by atoms with van der Waals surface area (Å²) in [4.78, 5) is 14.7. The largest absolute Gasteiger partial charge is 0.352 e. The van der Waals surface area contributed by atoms with Crippen molar-refractivity contribution in [2.24, 2.45) is 11.7 Å². The van der Waals surface area contributed by atoms with Gasteiger partial charge in [-0.15, -0.1) is 0 Å². The van der Waals surface area contributed by atoms with Crippen LogP contribution in [0.4, 0.5) is 0 Å². The number of carbonyl (C=O) groups excluding carboxylic acids is 1. The van der Waals surface area contributed by atoms with Gasteiger partial charge in [-0.3, -0.25) is 4.79 Å². The third-order valence-electron chi connectivity index (χ3n) is 5.35. The van der Waals surface area contributed by atoms with Gasteiger partial charge in [-0.2, -0.15) is 4.31 Å². The monoisotopic (exact) mass is 380 g/mol. The summed E-state index contributed by atoms with van der Waals surface area (Å²) in [7, 11) is -1.57. The zero-order chi connectivity index (χ0) is 18.7. The summed E-state index contributed by atoms with van der Waals surface area (Å²) >= 11 is 0. The molecule has 144 valence electrons. The number of nitrogens with zero attached hydrogens (tertiary/aromatic N) is 2. The summed E-state index contributed by atoms with van der Waals surface area (Å²) in [5.41, 5.74) is 6.50. The number of carbonyl (C=O) groups is 1. The van der Waals surface area contributed by atoms with Crippen molar-refractivity contribution in [1.29, 1.82) is 0 Å². The second-order valence-corrected chi connectivity index (χ2v) is 9.21. The molecule has 0 radical (unpaired) electrons. The fourth-order valence-corrected chi connectivity index (χ4v) is 5.29. The molecule has 8 heteroatoms. The van der Waals surface area contributed by atoms with E-state index in [4.69, 9.17) is 5.73 Å². The molecule has 2 atom stereocenters. The number of piperazine rings is 1. The van der Waals surface area contributed by atoms with Crippen LogP contribution in [-0.4, -0.2) is 62.8 Å². The molecule has 26 heavy (non-hydrogen) atoms. The molecule has 0 aromatic heterocycles. The molecular weight excluding hydrogens is 352 g/mol. The van der Waals surface area contributed by atoms with E-state index in [9.17, 15) is 13.2 Å². The molecule has 1 aliphatic heterocycles. The van der Waals surface area contributed by atoms with Gasteiger partial charge in [0.15, 0.2) is 0 Å². The molecule has 2 aliphatic rings. The molecule has 1 amide bonds. The Labute approximate surface area is 155 Å². The van der Waals surface area contributed by atoms with Crippen LogP contribution >= 0.6 is 0 Å². The van der Waals surface area contributed by atoms with Crippen molar-refractivity contribution in [2.45, 2.75) is 36.7 Å². The van der Waals surface area contributed by atoms with Gasteiger partial charge in [-0.25, -0.2) is 8.42 Å². The van der Waals surface area contributed by atoms with Crippen LogP contribution in [0.3, 0.4) is 0 Å². The molecule has 1 aliphatic carbocycles. The van der Waals surface area contributed by atoms with Crippen molar-refractivity contribution in [1.82, 2.24) is 14.5 Å². The summed E-state index contributed by atoms with van der Waals surface area (Å²) in [6.07, 6.45) is 2.37. The number of nitrogens with one attached hydrogen (secondary N) is 1. The van der Waals surface area contributed by atoms with Crippen LogP contribution in [0, 0.1) is 5.92 Å². The maximum absolute atomic E-state index is 13.0. The van der Waals surface area contributed by atoms with E-state index in [1.54, 1.807) is 24.3 Å². The Kier molecular flexibility index (Phi) is 5.96. The van der Waals surface area contributed by atoms with Crippen LogP contribution in [0.15, 0.2) is 29.2 Å². The van der Waals surface area contributed by atoms with Crippen molar-refractivity contribution >= 4 is 15.9 Å². The Hall–Kier alpha value is -1.48. The smallest absolute Gasteiger partial charge is 0.243 e. The lowest BCUT2D eigenvalue weighted by Crippen LogP contribution is -2.47. The van der Waals surface area contributed by atoms with Crippen molar-refractivity contribution in [2.75, 3.05) is 33.2 Å². The number of hydrogen-bond acceptors (Lipinski definition) is 5. The van der Waals surface area contributed by atoms with Gasteiger partial charge in [-0.05, 0) is 37.9 Å². The highest BCUT2D eigenvalue weighted by molar-refractivity contribution is 7.89. The van der Waals surface area contributed by atoms with Gasteiger partial charge in [0.05, 0.1) is 4.90 Å². The molecule has 3 N–H and O–H groups in total. The summed E-state index contributed by atoms with van der Waals surface area (Å²) < 4.78 is 27.6. The topological polar surface area (TPSA) is 95.7 Å². The standard InChI is InChI=1S/C18H28N4O3S/c1-21-8-10-22(11-9-21)26(24,25)17-5-3-2-4-15(17)13-20-18(23)14-6-7-16(19)12-14/h2-5,14,16H,6-13,19H2,1H3,(H,20,23). The molecule has 0 spiro atoms. The molecule has 1 aromatic rings. The average Bonchev–Trinajstić information content (AvgIpc) is 3.07. The quantitative estimate of drug-likeness (QED) is 0.769. The Morgan fingerprint density at radius 2 is 1.88 bits per heavy atom. The highest BCUT2D eigenvalue weighted by Crippen LogP contribution is 2.25. The number of rotatable bonds is 5.